The third kappa shape index (κ3) is 5.12. The molecule has 178 valence electrons. The van der Waals surface area contributed by atoms with Gasteiger partial charge in [-0.3, -0.25) is 19.4 Å². The summed E-state index contributed by atoms with van der Waals surface area (Å²) < 4.78 is 11.9. The second kappa shape index (κ2) is 9.65. The molecule has 3 rings (SSSR count). The Morgan fingerprint density at radius 2 is 1.82 bits per heavy atom. The molecule has 1 aromatic rings. The fourth-order valence-electron chi connectivity index (χ4n) is 4.38. The molecule has 2 heterocycles. The van der Waals surface area contributed by atoms with E-state index < -0.39 is 20.9 Å². The minimum absolute atomic E-state index is 0.0447. The molecule has 0 aromatic heterocycles. The summed E-state index contributed by atoms with van der Waals surface area (Å²) in [5.74, 6) is -0.435. The van der Waals surface area contributed by atoms with Crippen LogP contribution < -0.4 is 0 Å². The summed E-state index contributed by atoms with van der Waals surface area (Å²) in [4.78, 5) is 41.3. The number of imide groups is 1. The topological polar surface area (TPSA) is 76.2 Å². The fraction of sp³-hybridized carbons (Fsp3) is 0.480. The molecular weight excluding hydrogens is 436 g/mol. The van der Waals surface area contributed by atoms with Crippen LogP contribution in [0.4, 0.5) is 4.79 Å². The number of carbonyl (C=O) groups is 3. The second-order valence-electron chi connectivity index (χ2n) is 9.92. The summed E-state index contributed by atoms with van der Waals surface area (Å²) in [5, 5.41) is 0. The van der Waals surface area contributed by atoms with Gasteiger partial charge in [-0.15, -0.1) is 0 Å². The van der Waals surface area contributed by atoms with Crippen molar-refractivity contribution in [2.45, 2.75) is 46.0 Å². The van der Waals surface area contributed by atoms with Gasteiger partial charge in [-0.2, -0.15) is 0 Å². The van der Waals surface area contributed by atoms with Crippen LogP contribution in [0.25, 0.3) is 0 Å². The van der Waals surface area contributed by atoms with Crippen molar-refractivity contribution in [3.05, 3.63) is 60.2 Å². The fourth-order valence-corrected chi connectivity index (χ4v) is 5.50. The Morgan fingerprint density at radius 1 is 1.21 bits per heavy atom. The molecule has 0 aliphatic carbocycles. The van der Waals surface area contributed by atoms with Crippen LogP contribution in [0.5, 0.6) is 0 Å². The van der Waals surface area contributed by atoms with E-state index in [0.29, 0.717) is 24.1 Å². The van der Waals surface area contributed by atoms with Gasteiger partial charge in [0.05, 0.1) is 11.1 Å². The summed E-state index contributed by atoms with van der Waals surface area (Å²) in [6.45, 7) is 14.9. The summed E-state index contributed by atoms with van der Waals surface area (Å²) in [5.41, 5.74) is -0.189. The lowest BCUT2D eigenvalue weighted by Gasteiger charge is -2.37. The van der Waals surface area contributed by atoms with Gasteiger partial charge in [0.1, 0.15) is 6.61 Å². The van der Waals surface area contributed by atoms with Crippen LogP contribution in [0, 0.1) is 11.3 Å². The molecule has 0 spiro atoms. The smallest absolute Gasteiger partial charge is 0.412 e. The summed E-state index contributed by atoms with van der Waals surface area (Å²) in [6, 6.07) is 6.82. The first-order valence-corrected chi connectivity index (χ1v) is 14.1. The van der Waals surface area contributed by atoms with Crippen LogP contribution in [-0.4, -0.2) is 62.2 Å². The molecule has 0 N–H and O–H groups in total. The van der Waals surface area contributed by atoms with E-state index in [1.54, 1.807) is 35.2 Å². The Bertz CT molecular complexity index is 933. The maximum Gasteiger partial charge on any atom is 0.412 e. The van der Waals surface area contributed by atoms with Gasteiger partial charge in [-0.05, 0) is 42.6 Å². The van der Waals surface area contributed by atoms with Gasteiger partial charge >= 0.3 is 6.09 Å². The number of hydrogen-bond acceptors (Lipinski definition) is 5. The van der Waals surface area contributed by atoms with Gasteiger partial charge in [0.15, 0.2) is 14.8 Å². The van der Waals surface area contributed by atoms with E-state index in [9.17, 15) is 14.4 Å². The van der Waals surface area contributed by atoms with Crippen LogP contribution in [0.3, 0.4) is 0 Å². The van der Waals surface area contributed by atoms with E-state index in [-0.39, 0.29) is 36.3 Å². The lowest BCUT2D eigenvalue weighted by molar-refractivity contribution is -0.0134. The first kappa shape index (κ1) is 24.9. The predicted molar refractivity (Wildman–Crippen MR) is 129 cm³/mol. The van der Waals surface area contributed by atoms with E-state index in [1.165, 1.54) is 11.0 Å². The van der Waals surface area contributed by atoms with Crippen molar-refractivity contribution in [3.63, 3.8) is 0 Å². The molecule has 2 aliphatic heterocycles. The predicted octanol–water partition coefficient (Wildman–Crippen LogP) is 4.23. The first-order chi connectivity index (χ1) is 15.5. The number of ether oxygens (including phenoxy) is 1. The van der Waals surface area contributed by atoms with Crippen molar-refractivity contribution in [2.75, 3.05) is 19.7 Å². The van der Waals surface area contributed by atoms with Crippen molar-refractivity contribution in [1.82, 2.24) is 9.80 Å². The highest BCUT2D eigenvalue weighted by Crippen LogP contribution is 2.44. The molecule has 1 saturated heterocycles. The van der Waals surface area contributed by atoms with Crippen molar-refractivity contribution < 1.29 is 23.5 Å². The summed E-state index contributed by atoms with van der Waals surface area (Å²) in [6.07, 6.45) is 5.29. The van der Waals surface area contributed by atoms with Crippen molar-refractivity contribution in [3.8, 4) is 0 Å². The average molecular weight is 471 g/mol. The normalized spacial score (nSPS) is 23.0. The van der Waals surface area contributed by atoms with Crippen molar-refractivity contribution in [2.24, 2.45) is 11.3 Å². The Hall–Kier alpha value is -2.71. The molecule has 3 amide bonds. The number of nitrogens with zero attached hydrogens (tertiary/aromatic N) is 2. The minimum atomic E-state index is -1.59. The zero-order valence-electron chi connectivity index (χ0n) is 20.2. The number of likely N-dealkylation sites (tertiary alicyclic amines) is 1. The van der Waals surface area contributed by atoms with Gasteiger partial charge < -0.3 is 9.16 Å². The highest BCUT2D eigenvalue weighted by molar-refractivity contribution is 6.48. The Morgan fingerprint density at radius 3 is 2.33 bits per heavy atom. The molecule has 1 fully saturated rings. The van der Waals surface area contributed by atoms with E-state index in [4.69, 9.17) is 9.16 Å². The van der Waals surface area contributed by atoms with Crippen molar-refractivity contribution >= 4 is 26.9 Å². The SMILES string of the molecule is C=CCOC(=O)N1C[C@@H](C(C)(C)C)C[C@@]1(/C=C\CN1C(=O)c2ccccc2C1=O)O[SiH](C)C. The largest absolute Gasteiger partial charge is 0.445 e. The molecule has 1 aromatic carbocycles. The molecule has 0 unspecified atom stereocenters. The first-order valence-electron chi connectivity index (χ1n) is 11.4. The number of benzene rings is 1. The zero-order chi connectivity index (χ0) is 24.4. The van der Waals surface area contributed by atoms with Gasteiger partial charge in [0.25, 0.3) is 11.8 Å². The molecule has 0 radical (unpaired) electrons. The molecule has 33 heavy (non-hydrogen) atoms. The molecule has 8 heteroatoms. The van der Waals surface area contributed by atoms with Crippen LogP contribution in [0.15, 0.2) is 49.1 Å². The average Bonchev–Trinajstić information content (AvgIpc) is 3.23. The third-order valence-corrected chi connectivity index (χ3v) is 7.03. The zero-order valence-corrected chi connectivity index (χ0v) is 21.3. The van der Waals surface area contributed by atoms with Crippen LogP contribution >= 0.6 is 0 Å². The molecule has 0 bridgehead atoms. The van der Waals surface area contributed by atoms with Crippen LogP contribution in [0.1, 0.15) is 47.9 Å². The molecule has 2 atom stereocenters. The van der Waals surface area contributed by atoms with E-state index in [2.05, 4.69) is 40.4 Å². The van der Waals surface area contributed by atoms with Gasteiger partial charge in [-0.25, -0.2) is 4.79 Å². The van der Waals surface area contributed by atoms with Crippen LogP contribution in [-0.2, 0) is 9.16 Å². The van der Waals surface area contributed by atoms with Crippen molar-refractivity contribution in [1.29, 1.82) is 0 Å². The second-order valence-corrected chi connectivity index (χ2v) is 12.3. The Labute approximate surface area is 197 Å². The lowest BCUT2D eigenvalue weighted by Crippen LogP contribution is -2.50. The van der Waals surface area contributed by atoms with Gasteiger partial charge in [-0.1, -0.05) is 51.6 Å². The van der Waals surface area contributed by atoms with E-state index >= 15 is 0 Å². The maximum absolute atomic E-state index is 13.0. The number of amides is 3. The molecule has 2 aliphatic rings. The Kier molecular flexibility index (Phi) is 7.28. The standard InChI is InChI=1S/C25H34N2O5Si/c1-7-15-31-23(30)27-17-18(24(2,3)4)16-25(27,32-33(5)6)13-10-14-26-21(28)19-11-8-9-12-20(19)22(26)29/h7-13,18,33H,1,14-17H2,2-6H3/b13-10-/t18-,25+/m0/s1. The third-order valence-electron chi connectivity index (χ3n) is 6.15. The molecule has 7 nitrogen and oxygen atoms in total. The van der Waals surface area contributed by atoms with E-state index in [1.807, 2.05) is 6.08 Å². The van der Waals surface area contributed by atoms with Gasteiger partial charge in [0, 0.05) is 19.5 Å². The van der Waals surface area contributed by atoms with Gasteiger partial charge in [0.2, 0.25) is 0 Å². The maximum atomic E-state index is 13.0. The highest BCUT2D eigenvalue weighted by Gasteiger charge is 2.51. The van der Waals surface area contributed by atoms with E-state index in [0.717, 1.165) is 0 Å². The number of rotatable bonds is 7. The Balaban J connectivity index is 1.89. The lowest BCUT2D eigenvalue weighted by atomic mass is 9.79. The highest BCUT2D eigenvalue weighted by atomic mass is 28.3. The monoisotopic (exact) mass is 470 g/mol. The molecular formula is C25H34N2O5Si. The van der Waals surface area contributed by atoms with Crippen LogP contribution in [0.2, 0.25) is 13.1 Å². The molecule has 0 saturated carbocycles. The number of carbonyl (C=O) groups excluding carboxylic acids is 3. The summed E-state index contributed by atoms with van der Waals surface area (Å²) >= 11 is 0. The minimum Gasteiger partial charge on any atom is -0.445 e. The number of fused-ring (bicyclic) bond motifs is 1. The quantitative estimate of drug-likeness (QED) is 0.339. The number of hydrogen-bond donors (Lipinski definition) is 0. The summed E-state index contributed by atoms with van der Waals surface area (Å²) in [7, 11) is -1.59.